The van der Waals surface area contributed by atoms with Gasteiger partial charge in [0.25, 0.3) is 4.96 Å². The number of aliphatic hydroxyl groups is 1. The molecule has 3 aromatic rings. The second kappa shape index (κ2) is 6.12. The average molecular weight is 318 g/mol. The van der Waals surface area contributed by atoms with Crippen molar-refractivity contribution in [3.63, 3.8) is 0 Å². The van der Waals surface area contributed by atoms with Crippen LogP contribution < -0.4 is 5.32 Å². The number of nitro groups is 1. The number of aliphatic hydroxyl groups excluding tert-OH is 1. The molecule has 0 unspecified atom stereocenters. The van der Waals surface area contributed by atoms with Crippen LogP contribution in [0.4, 0.5) is 11.6 Å². The van der Waals surface area contributed by atoms with E-state index in [1.807, 2.05) is 24.3 Å². The van der Waals surface area contributed by atoms with Crippen LogP contribution in [0.1, 0.15) is 11.1 Å². The van der Waals surface area contributed by atoms with Crippen molar-refractivity contribution in [1.29, 1.82) is 0 Å². The number of rotatable bonds is 6. The van der Waals surface area contributed by atoms with Gasteiger partial charge in [0.2, 0.25) is 5.82 Å². The van der Waals surface area contributed by atoms with E-state index in [0.29, 0.717) is 23.7 Å². The molecule has 2 aromatic heterocycles. The van der Waals surface area contributed by atoms with Gasteiger partial charge in [0.05, 0.1) is 6.61 Å². The van der Waals surface area contributed by atoms with Crippen molar-refractivity contribution in [2.45, 2.75) is 13.0 Å². The smallest absolute Gasteiger partial charge is 0.372 e. The lowest BCUT2D eigenvalue weighted by atomic mass is 10.1. The first kappa shape index (κ1) is 14.5. The summed E-state index contributed by atoms with van der Waals surface area (Å²) in [7, 11) is 0. The molecule has 0 aliphatic rings. The summed E-state index contributed by atoms with van der Waals surface area (Å²) in [5.41, 5.74) is 1.95. The highest BCUT2D eigenvalue weighted by Gasteiger charge is 2.22. The van der Waals surface area contributed by atoms with E-state index in [-0.39, 0.29) is 12.4 Å². The van der Waals surface area contributed by atoms with Gasteiger partial charge in [-0.3, -0.25) is 0 Å². The molecule has 0 atom stereocenters. The Hall–Kier alpha value is -2.45. The molecule has 0 saturated heterocycles. The number of benzene rings is 1. The average Bonchev–Trinajstić information content (AvgIpc) is 3.08. The normalized spacial score (nSPS) is 11.0. The van der Waals surface area contributed by atoms with E-state index >= 15 is 0 Å². The molecule has 3 rings (SSSR count). The molecule has 0 radical (unpaired) electrons. The molecular weight excluding hydrogens is 304 g/mol. The predicted octanol–water partition coefficient (Wildman–Crippen LogP) is 2.45. The number of aromatic nitrogens is 2. The Balaban J connectivity index is 1.69. The Morgan fingerprint density at radius 3 is 2.73 bits per heavy atom. The number of fused-ring (bicyclic) bond motifs is 1. The van der Waals surface area contributed by atoms with Gasteiger partial charge >= 0.3 is 5.82 Å². The van der Waals surface area contributed by atoms with E-state index in [2.05, 4.69) is 10.3 Å². The molecule has 0 bridgehead atoms. The first-order valence-corrected chi connectivity index (χ1v) is 7.59. The number of hydrogen-bond acceptors (Lipinski definition) is 6. The molecule has 0 amide bonds. The van der Waals surface area contributed by atoms with E-state index in [0.717, 1.165) is 11.1 Å². The monoisotopic (exact) mass is 318 g/mol. The topological polar surface area (TPSA) is 92.7 Å². The Labute approximate surface area is 130 Å². The van der Waals surface area contributed by atoms with Crippen LogP contribution >= 0.6 is 11.3 Å². The highest BCUT2D eigenvalue weighted by molar-refractivity contribution is 7.15. The summed E-state index contributed by atoms with van der Waals surface area (Å²) >= 11 is 1.36. The van der Waals surface area contributed by atoms with E-state index in [1.165, 1.54) is 15.7 Å². The summed E-state index contributed by atoms with van der Waals surface area (Å²) in [5, 5.41) is 25.0. The van der Waals surface area contributed by atoms with Crippen molar-refractivity contribution in [3.05, 3.63) is 57.1 Å². The first-order valence-electron chi connectivity index (χ1n) is 6.71. The fraction of sp³-hybridized carbons (Fsp3) is 0.214. The Kier molecular flexibility index (Phi) is 4.03. The summed E-state index contributed by atoms with van der Waals surface area (Å²) in [5.74, 6) is 0.260. The van der Waals surface area contributed by atoms with Crippen LogP contribution in [0.15, 0.2) is 35.8 Å². The van der Waals surface area contributed by atoms with Crippen LogP contribution in [-0.2, 0) is 13.0 Å². The van der Waals surface area contributed by atoms with E-state index in [4.69, 9.17) is 5.11 Å². The Bertz CT molecular complexity index is 794. The maximum atomic E-state index is 11.2. The Morgan fingerprint density at radius 1 is 1.32 bits per heavy atom. The zero-order valence-corrected chi connectivity index (χ0v) is 12.4. The highest BCUT2D eigenvalue weighted by atomic mass is 32.1. The molecule has 22 heavy (non-hydrogen) atoms. The van der Waals surface area contributed by atoms with E-state index < -0.39 is 4.92 Å². The molecular formula is C14H14N4O3S. The van der Waals surface area contributed by atoms with E-state index in [9.17, 15) is 10.1 Å². The van der Waals surface area contributed by atoms with Crippen molar-refractivity contribution in [1.82, 2.24) is 9.38 Å². The third kappa shape index (κ3) is 2.78. The second-order valence-corrected chi connectivity index (χ2v) is 5.62. The number of thiazole rings is 1. The lowest BCUT2D eigenvalue weighted by Crippen LogP contribution is -2.07. The van der Waals surface area contributed by atoms with Crippen molar-refractivity contribution in [2.24, 2.45) is 0 Å². The van der Waals surface area contributed by atoms with Gasteiger partial charge in [-0.25, -0.2) is 0 Å². The molecule has 1 aromatic carbocycles. The van der Waals surface area contributed by atoms with Crippen LogP contribution in [0.5, 0.6) is 0 Å². The molecule has 2 N–H and O–H groups in total. The maximum absolute atomic E-state index is 11.2. The number of nitrogens with zero attached hydrogens (tertiary/aromatic N) is 3. The van der Waals surface area contributed by atoms with E-state index in [1.54, 1.807) is 11.6 Å². The summed E-state index contributed by atoms with van der Waals surface area (Å²) in [6, 6.07) is 7.61. The maximum Gasteiger partial charge on any atom is 0.372 e. The highest BCUT2D eigenvalue weighted by Crippen LogP contribution is 2.27. The minimum absolute atomic E-state index is 0.0239. The number of hydrogen-bond donors (Lipinski definition) is 2. The van der Waals surface area contributed by atoms with Gasteiger partial charge in [-0.2, -0.15) is 9.38 Å². The van der Waals surface area contributed by atoms with Crippen molar-refractivity contribution >= 4 is 27.9 Å². The van der Waals surface area contributed by atoms with Gasteiger partial charge in [-0.15, -0.1) is 0 Å². The SMILES string of the molecule is O=[N+]([O-])c1c(NCCc2ccc(CO)cc2)nc2sccn12. The molecule has 0 spiro atoms. The van der Waals surface area contributed by atoms with Gasteiger partial charge in [0.15, 0.2) is 0 Å². The molecule has 7 nitrogen and oxygen atoms in total. The summed E-state index contributed by atoms with van der Waals surface area (Å²) in [4.78, 5) is 15.6. The molecule has 0 fully saturated rings. The van der Waals surface area contributed by atoms with Crippen LogP contribution in [0, 0.1) is 10.1 Å². The molecule has 114 valence electrons. The zero-order chi connectivity index (χ0) is 15.5. The van der Waals surface area contributed by atoms with Crippen molar-refractivity contribution in [3.8, 4) is 0 Å². The lowest BCUT2D eigenvalue weighted by molar-refractivity contribution is -0.389. The minimum atomic E-state index is -0.426. The zero-order valence-electron chi connectivity index (χ0n) is 11.6. The summed E-state index contributed by atoms with van der Waals surface area (Å²) < 4.78 is 1.48. The second-order valence-electron chi connectivity index (χ2n) is 4.75. The summed E-state index contributed by atoms with van der Waals surface area (Å²) in [6.45, 7) is 0.570. The molecule has 0 aliphatic heterocycles. The third-order valence-corrected chi connectivity index (χ3v) is 4.08. The predicted molar refractivity (Wildman–Crippen MR) is 84.3 cm³/mol. The van der Waals surface area contributed by atoms with Gasteiger partial charge in [0.1, 0.15) is 6.20 Å². The molecule has 2 heterocycles. The molecule has 0 aliphatic carbocycles. The number of imidazole rings is 1. The van der Waals surface area contributed by atoms with Crippen LogP contribution in [0.2, 0.25) is 0 Å². The minimum Gasteiger partial charge on any atom is -0.392 e. The molecule has 0 saturated carbocycles. The fourth-order valence-corrected chi connectivity index (χ4v) is 2.91. The first-order chi connectivity index (χ1) is 10.7. The summed E-state index contributed by atoms with van der Waals surface area (Å²) in [6.07, 6.45) is 2.36. The van der Waals surface area contributed by atoms with Gasteiger partial charge in [-0.05, 0) is 22.5 Å². The lowest BCUT2D eigenvalue weighted by Gasteiger charge is -2.04. The third-order valence-electron chi connectivity index (χ3n) is 3.32. The Morgan fingerprint density at radius 2 is 2.05 bits per heavy atom. The number of nitrogens with one attached hydrogen (secondary N) is 1. The van der Waals surface area contributed by atoms with Gasteiger partial charge < -0.3 is 20.5 Å². The van der Waals surface area contributed by atoms with Crippen LogP contribution in [0.3, 0.4) is 0 Å². The van der Waals surface area contributed by atoms with Crippen molar-refractivity contribution in [2.75, 3.05) is 11.9 Å². The van der Waals surface area contributed by atoms with Crippen molar-refractivity contribution < 1.29 is 10.0 Å². The molecule has 8 heteroatoms. The fourth-order valence-electron chi connectivity index (χ4n) is 2.20. The largest absolute Gasteiger partial charge is 0.392 e. The standard InChI is InChI=1S/C14H14N4O3S/c19-9-11-3-1-10(2-4-11)5-6-15-12-13(18(20)21)17-7-8-22-14(17)16-12/h1-4,7-8,15,19H,5-6,9H2. The number of anilines is 1. The van der Waals surface area contributed by atoms with Crippen LogP contribution in [-0.4, -0.2) is 26.0 Å². The quantitative estimate of drug-likeness (QED) is 0.538. The van der Waals surface area contributed by atoms with Gasteiger partial charge in [-0.1, -0.05) is 35.6 Å². The van der Waals surface area contributed by atoms with Gasteiger partial charge in [0, 0.05) is 11.9 Å². The van der Waals surface area contributed by atoms with Crippen LogP contribution in [0.25, 0.3) is 4.96 Å².